The van der Waals surface area contributed by atoms with Crippen LogP contribution in [0.4, 0.5) is 11.8 Å². The van der Waals surface area contributed by atoms with Crippen LogP contribution >= 0.6 is 0 Å². The monoisotopic (exact) mass is 418 g/mol. The van der Waals surface area contributed by atoms with Crippen molar-refractivity contribution in [2.24, 2.45) is 0 Å². The Morgan fingerprint density at radius 3 is 2.61 bits per heavy atom. The zero-order valence-electron chi connectivity index (χ0n) is 18.0. The molecule has 4 heterocycles. The Labute approximate surface area is 181 Å². The summed E-state index contributed by atoms with van der Waals surface area (Å²) < 4.78 is 0. The van der Waals surface area contributed by atoms with Crippen molar-refractivity contribution in [1.82, 2.24) is 34.8 Å². The lowest BCUT2D eigenvalue weighted by molar-refractivity contribution is -0.129. The van der Waals surface area contributed by atoms with Gasteiger partial charge < -0.3 is 15.2 Å². The molecule has 3 aromatic heterocycles. The molecule has 1 atom stereocenters. The van der Waals surface area contributed by atoms with Crippen LogP contribution in [0.5, 0.6) is 0 Å². The predicted molar refractivity (Wildman–Crippen MR) is 117 cm³/mol. The largest absolute Gasteiger partial charge is 0.345 e. The molecule has 1 amide bonds. The van der Waals surface area contributed by atoms with Crippen molar-refractivity contribution in [1.29, 1.82) is 0 Å². The molecule has 0 bridgehead atoms. The van der Waals surface area contributed by atoms with Gasteiger partial charge >= 0.3 is 0 Å². The highest BCUT2D eigenvalue weighted by atomic mass is 16.2. The van der Waals surface area contributed by atoms with Crippen LogP contribution in [0.15, 0.2) is 30.7 Å². The number of carbonyl (C=O) groups excluding carboxylic acids is 1. The maximum atomic E-state index is 12.9. The third-order valence-corrected chi connectivity index (χ3v) is 5.10. The second-order valence-corrected chi connectivity index (χ2v) is 7.74. The molecule has 31 heavy (non-hydrogen) atoms. The number of anilines is 2. The lowest BCUT2D eigenvalue weighted by atomic mass is 10.0. The number of carbonyl (C=O) groups is 1. The smallest absolute Gasteiger partial charge is 0.247 e. The third-order valence-electron chi connectivity index (χ3n) is 5.10. The fourth-order valence-corrected chi connectivity index (χ4v) is 3.78. The minimum atomic E-state index is -0.173. The van der Waals surface area contributed by atoms with Crippen molar-refractivity contribution in [3.63, 3.8) is 0 Å². The van der Waals surface area contributed by atoms with Gasteiger partial charge in [0.1, 0.15) is 5.82 Å². The maximum absolute atomic E-state index is 12.9. The summed E-state index contributed by atoms with van der Waals surface area (Å²) in [6.07, 6.45) is 9.39. The molecule has 0 saturated carbocycles. The minimum absolute atomic E-state index is 0.0587. The average molecular weight is 419 g/mol. The molecule has 1 saturated heterocycles. The summed E-state index contributed by atoms with van der Waals surface area (Å²) in [5, 5.41) is 3.19. The number of nitrogens with one attached hydrogen (secondary N) is 2. The molecule has 0 radical (unpaired) electrons. The fourth-order valence-electron chi connectivity index (χ4n) is 3.78. The Bertz CT molecular complexity index is 1070. The zero-order valence-corrected chi connectivity index (χ0v) is 18.0. The third kappa shape index (κ3) is 5.11. The molecule has 1 unspecified atom stereocenters. The van der Waals surface area contributed by atoms with Crippen molar-refractivity contribution < 1.29 is 4.79 Å². The highest BCUT2D eigenvalue weighted by molar-refractivity contribution is 5.91. The molecule has 4 rings (SSSR count). The fraction of sp³-hybridized carbons (Fsp3) is 0.364. The Morgan fingerprint density at radius 2 is 1.87 bits per heavy atom. The van der Waals surface area contributed by atoms with Crippen LogP contribution in [0.1, 0.15) is 53.9 Å². The standard InChI is InChI=1S/C22H26N8O/c1-14-10-15(2)27-22(26-14)29-19-11-16(3)25-21(28-19)18-6-4-5-9-30(18)20(31)8-7-17-12-23-13-24-17/h7-8,10-13,18H,4-6,9H2,1-3H3,(H,23,24)(H,25,26,27,28,29). The van der Waals surface area contributed by atoms with Crippen LogP contribution in [-0.2, 0) is 4.79 Å². The second-order valence-electron chi connectivity index (χ2n) is 7.74. The number of aromatic nitrogens is 6. The van der Waals surface area contributed by atoms with Gasteiger partial charge in [-0.05, 0) is 52.2 Å². The maximum Gasteiger partial charge on any atom is 0.247 e. The van der Waals surface area contributed by atoms with E-state index in [9.17, 15) is 4.79 Å². The summed E-state index contributed by atoms with van der Waals surface area (Å²) in [6.45, 7) is 6.46. The number of hydrogen-bond donors (Lipinski definition) is 2. The van der Waals surface area contributed by atoms with Crippen molar-refractivity contribution in [2.45, 2.75) is 46.1 Å². The Kier molecular flexibility index (Phi) is 6.01. The van der Waals surface area contributed by atoms with E-state index < -0.39 is 0 Å². The topological polar surface area (TPSA) is 113 Å². The first-order chi connectivity index (χ1) is 15.0. The average Bonchev–Trinajstić information content (AvgIpc) is 3.24. The highest BCUT2D eigenvalue weighted by Crippen LogP contribution is 2.30. The normalized spacial score (nSPS) is 16.6. The number of nitrogens with zero attached hydrogens (tertiary/aromatic N) is 6. The van der Waals surface area contributed by atoms with Crippen LogP contribution < -0.4 is 5.32 Å². The van der Waals surface area contributed by atoms with Gasteiger partial charge in [-0.2, -0.15) is 0 Å². The van der Waals surface area contributed by atoms with Gasteiger partial charge in [-0.1, -0.05) is 0 Å². The molecular formula is C22H26N8O. The molecule has 0 aromatic carbocycles. The van der Waals surface area contributed by atoms with Gasteiger partial charge in [0.25, 0.3) is 0 Å². The van der Waals surface area contributed by atoms with Crippen LogP contribution in [0.25, 0.3) is 6.08 Å². The number of aryl methyl sites for hydroxylation is 3. The Morgan fingerprint density at radius 1 is 1.10 bits per heavy atom. The molecule has 1 aliphatic heterocycles. The number of hydrogen-bond acceptors (Lipinski definition) is 7. The lowest BCUT2D eigenvalue weighted by Crippen LogP contribution is -2.38. The summed E-state index contributed by atoms with van der Waals surface area (Å²) >= 11 is 0. The SMILES string of the molecule is Cc1cc(C)nc(Nc2cc(C)nc(C3CCCCN3C(=O)C=Cc3cnc[nH]3)n2)n1. The number of aromatic amines is 1. The highest BCUT2D eigenvalue weighted by Gasteiger charge is 2.29. The Balaban J connectivity index is 1.58. The summed E-state index contributed by atoms with van der Waals surface area (Å²) in [6, 6.07) is 3.61. The van der Waals surface area contributed by atoms with Gasteiger partial charge in [0.2, 0.25) is 11.9 Å². The molecule has 3 aromatic rings. The molecular weight excluding hydrogens is 392 g/mol. The van der Waals surface area contributed by atoms with E-state index in [4.69, 9.17) is 4.98 Å². The quantitative estimate of drug-likeness (QED) is 0.610. The number of likely N-dealkylation sites (tertiary alicyclic amines) is 1. The molecule has 9 nitrogen and oxygen atoms in total. The summed E-state index contributed by atoms with van der Waals surface area (Å²) in [7, 11) is 0. The number of amides is 1. The van der Waals surface area contributed by atoms with E-state index in [1.165, 1.54) is 0 Å². The second kappa shape index (κ2) is 9.03. The molecule has 1 fully saturated rings. The van der Waals surface area contributed by atoms with Crippen molar-refractivity contribution >= 4 is 23.7 Å². The predicted octanol–water partition coefficient (Wildman–Crippen LogP) is 3.43. The van der Waals surface area contributed by atoms with E-state index in [1.807, 2.05) is 37.8 Å². The van der Waals surface area contributed by atoms with Crippen LogP contribution in [0.3, 0.4) is 0 Å². The van der Waals surface area contributed by atoms with Gasteiger partial charge in [0, 0.05) is 35.8 Å². The van der Waals surface area contributed by atoms with E-state index in [2.05, 4.69) is 30.2 Å². The minimum Gasteiger partial charge on any atom is -0.345 e. The molecule has 0 aliphatic carbocycles. The van der Waals surface area contributed by atoms with Gasteiger partial charge in [-0.3, -0.25) is 4.79 Å². The van der Waals surface area contributed by atoms with Gasteiger partial charge in [-0.15, -0.1) is 0 Å². The number of imidazole rings is 1. The van der Waals surface area contributed by atoms with E-state index in [1.54, 1.807) is 24.7 Å². The zero-order chi connectivity index (χ0) is 21.8. The number of H-pyrrole nitrogens is 1. The van der Waals surface area contributed by atoms with Crippen LogP contribution in [-0.4, -0.2) is 47.3 Å². The van der Waals surface area contributed by atoms with Crippen LogP contribution in [0.2, 0.25) is 0 Å². The van der Waals surface area contributed by atoms with Crippen LogP contribution in [0, 0.1) is 20.8 Å². The molecule has 0 spiro atoms. The van der Waals surface area contributed by atoms with Gasteiger partial charge in [0.05, 0.1) is 24.3 Å². The summed E-state index contributed by atoms with van der Waals surface area (Å²) in [5.74, 6) is 1.70. The summed E-state index contributed by atoms with van der Waals surface area (Å²) in [5.41, 5.74) is 3.37. The first kappa shape index (κ1) is 20.6. The van der Waals surface area contributed by atoms with E-state index in [0.29, 0.717) is 24.1 Å². The van der Waals surface area contributed by atoms with Crippen molar-refractivity contribution in [2.75, 3.05) is 11.9 Å². The summed E-state index contributed by atoms with van der Waals surface area (Å²) in [4.78, 5) is 39.9. The van der Waals surface area contributed by atoms with Crippen molar-refractivity contribution in [3.05, 3.63) is 59.3 Å². The number of rotatable bonds is 5. The van der Waals surface area contributed by atoms with E-state index in [-0.39, 0.29) is 11.9 Å². The molecule has 2 N–H and O–H groups in total. The molecule has 160 valence electrons. The molecule has 1 aliphatic rings. The van der Waals surface area contributed by atoms with Crippen molar-refractivity contribution in [3.8, 4) is 0 Å². The Hall–Kier alpha value is -3.62. The van der Waals surface area contributed by atoms with Gasteiger partial charge in [-0.25, -0.2) is 24.9 Å². The molecule has 9 heteroatoms. The number of piperidine rings is 1. The van der Waals surface area contributed by atoms with Gasteiger partial charge in [0.15, 0.2) is 5.82 Å². The van der Waals surface area contributed by atoms with E-state index in [0.717, 1.165) is 42.0 Å². The first-order valence-electron chi connectivity index (χ1n) is 10.4. The first-order valence-corrected chi connectivity index (χ1v) is 10.4. The van der Waals surface area contributed by atoms with E-state index >= 15 is 0 Å². The lowest BCUT2D eigenvalue weighted by Gasteiger charge is -2.34.